The molecule has 2 atom stereocenters. The van der Waals surface area contributed by atoms with Gasteiger partial charge in [0.15, 0.2) is 0 Å². The quantitative estimate of drug-likeness (QED) is 0.530. The molecule has 1 heterocycles. The summed E-state index contributed by atoms with van der Waals surface area (Å²) in [5, 5.41) is 0. The average molecular weight is 453 g/mol. The average Bonchev–Trinajstić information content (AvgIpc) is 3.18. The van der Waals surface area contributed by atoms with Gasteiger partial charge in [-0.1, -0.05) is 43.7 Å². The highest BCUT2D eigenvalue weighted by molar-refractivity contribution is 5.78. The van der Waals surface area contributed by atoms with Crippen LogP contribution < -0.4 is 9.47 Å². The molecule has 180 valence electrons. The Balaban J connectivity index is 1.85. The van der Waals surface area contributed by atoms with Crippen LogP contribution in [0.2, 0.25) is 0 Å². The maximum atomic E-state index is 13.0. The maximum Gasteiger partial charge on any atom is 0.225 e. The standard InChI is InChI=1S/C28H40N2O3/c1-19(2)28(31)30(20(3)4)17-24-16-29(18-27(24)23-10-8-21(5)9-11-23)15-22-12-25(32-6)14-26(13-22)33-7/h8-14,19-20,24,27H,15-18H2,1-7H3/t24-,27+/m0/s1. The van der Waals surface area contributed by atoms with E-state index in [2.05, 4.69) is 67.0 Å². The van der Waals surface area contributed by atoms with Gasteiger partial charge >= 0.3 is 0 Å². The molecule has 0 bridgehead atoms. The number of rotatable bonds is 9. The molecule has 0 aromatic heterocycles. The third kappa shape index (κ3) is 6.29. The van der Waals surface area contributed by atoms with Crippen LogP contribution in [-0.2, 0) is 11.3 Å². The smallest absolute Gasteiger partial charge is 0.225 e. The van der Waals surface area contributed by atoms with Gasteiger partial charge in [0.05, 0.1) is 14.2 Å². The van der Waals surface area contributed by atoms with Crippen molar-refractivity contribution >= 4 is 5.91 Å². The first-order valence-corrected chi connectivity index (χ1v) is 12.0. The molecular formula is C28H40N2O3. The van der Waals surface area contributed by atoms with E-state index in [1.807, 2.05) is 19.9 Å². The predicted octanol–water partition coefficient (Wildman–Crippen LogP) is 5.12. The fourth-order valence-electron chi connectivity index (χ4n) is 4.82. The molecule has 5 nitrogen and oxygen atoms in total. The van der Waals surface area contributed by atoms with E-state index in [0.29, 0.717) is 11.8 Å². The normalized spacial score (nSPS) is 18.7. The van der Waals surface area contributed by atoms with E-state index >= 15 is 0 Å². The van der Waals surface area contributed by atoms with Crippen molar-refractivity contribution in [3.05, 3.63) is 59.2 Å². The van der Waals surface area contributed by atoms with Gasteiger partial charge in [-0.15, -0.1) is 0 Å². The lowest BCUT2D eigenvalue weighted by Gasteiger charge is -2.33. The van der Waals surface area contributed by atoms with Gasteiger partial charge in [0, 0.05) is 50.1 Å². The molecule has 1 amide bonds. The van der Waals surface area contributed by atoms with Crippen LogP contribution in [0.25, 0.3) is 0 Å². The molecule has 0 saturated carbocycles. The molecule has 2 aromatic rings. The lowest BCUT2D eigenvalue weighted by molar-refractivity contribution is -0.136. The summed E-state index contributed by atoms with van der Waals surface area (Å²) in [7, 11) is 3.37. The molecule has 1 saturated heterocycles. The number of benzene rings is 2. The SMILES string of the molecule is COc1cc(CN2C[C@@H](CN(C(=O)C(C)C)C(C)C)[C@@H](c3ccc(C)cc3)C2)cc(OC)c1. The number of amides is 1. The zero-order valence-electron chi connectivity index (χ0n) is 21.3. The zero-order chi connectivity index (χ0) is 24.1. The minimum atomic E-state index is 0.00646. The molecule has 0 spiro atoms. The number of likely N-dealkylation sites (tertiary alicyclic amines) is 1. The van der Waals surface area contributed by atoms with Crippen LogP contribution in [0.15, 0.2) is 42.5 Å². The third-order valence-corrected chi connectivity index (χ3v) is 6.67. The van der Waals surface area contributed by atoms with E-state index in [0.717, 1.165) is 37.7 Å². The molecule has 0 aliphatic carbocycles. The van der Waals surface area contributed by atoms with Crippen LogP contribution in [0.1, 0.15) is 50.3 Å². The molecule has 1 fully saturated rings. The van der Waals surface area contributed by atoms with Crippen LogP contribution in [0.5, 0.6) is 11.5 Å². The second kappa shape index (κ2) is 11.1. The molecule has 3 rings (SSSR count). The van der Waals surface area contributed by atoms with Gasteiger partial charge in [-0.2, -0.15) is 0 Å². The Kier molecular flexibility index (Phi) is 8.41. The lowest BCUT2D eigenvalue weighted by atomic mass is 9.87. The zero-order valence-corrected chi connectivity index (χ0v) is 21.3. The molecule has 1 aliphatic heterocycles. The summed E-state index contributed by atoms with van der Waals surface area (Å²) in [5.74, 6) is 2.63. The van der Waals surface area contributed by atoms with Gasteiger partial charge in [0.25, 0.3) is 0 Å². The van der Waals surface area contributed by atoms with Crippen molar-refractivity contribution in [3.63, 3.8) is 0 Å². The van der Waals surface area contributed by atoms with Gasteiger partial charge in [-0.3, -0.25) is 9.69 Å². The first-order valence-electron chi connectivity index (χ1n) is 12.0. The second-order valence-corrected chi connectivity index (χ2v) is 9.93. The molecule has 0 unspecified atom stereocenters. The molecule has 1 aliphatic rings. The number of aryl methyl sites for hydroxylation is 1. The van der Waals surface area contributed by atoms with Crippen molar-refractivity contribution in [2.45, 2.75) is 53.1 Å². The number of carbonyl (C=O) groups is 1. The summed E-state index contributed by atoms with van der Waals surface area (Å²) in [6.07, 6.45) is 0. The van der Waals surface area contributed by atoms with Crippen molar-refractivity contribution in [2.24, 2.45) is 11.8 Å². The highest BCUT2D eigenvalue weighted by Crippen LogP contribution is 2.35. The summed E-state index contributed by atoms with van der Waals surface area (Å²) in [4.78, 5) is 17.5. The highest BCUT2D eigenvalue weighted by Gasteiger charge is 2.36. The monoisotopic (exact) mass is 452 g/mol. The lowest BCUT2D eigenvalue weighted by Crippen LogP contribution is -2.43. The number of hydrogen-bond donors (Lipinski definition) is 0. The Morgan fingerprint density at radius 1 is 1.00 bits per heavy atom. The van der Waals surface area contributed by atoms with Crippen molar-refractivity contribution in [1.82, 2.24) is 9.80 Å². The fourth-order valence-corrected chi connectivity index (χ4v) is 4.82. The molecule has 33 heavy (non-hydrogen) atoms. The number of ether oxygens (including phenoxy) is 2. The third-order valence-electron chi connectivity index (χ3n) is 6.67. The van der Waals surface area contributed by atoms with Crippen LogP contribution in [-0.4, -0.2) is 55.6 Å². The topological polar surface area (TPSA) is 42.0 Å². The number of methoxy groups -OCH3 is 2. The summed E-state index contributed by atoms with van der Waals surface area (Å²) < 4.78 is 10.9. The van der Waals surface area contributed by atoms with E-state index in [-0.39, 0.29) is 17.9 Å². The van der Waals surface area contributed by atoms with Crippen LogP contribution in [0, 0.1) is 18.8 Å². The van der Waals surface area contributed by atoms with Gasteiger partial charge in [0.1, 0.15) is 11.5 Å². The van der Waals surface area contributed by atoms with Crippen molar-refractivity contribution < 1.29 is 14.3 Å². The van der Waals surface area contributed by atoms with Gasteiger partial charge < -0.3 is 14.4 Å². The van der Waals surface area contributed by atoms with Crippen molar-refractivity contribution in [1.29, 1.82) is 0 Å². The minimum Gasteiger partial charge on any atom is -0.497 e. The number of carbonyl (C=O) groups excluding carboxylic acids is 1. The van der Waals surface area contributed by atoms with E-state index in [1.165, 1.54) is 16.7 Å². The Morgan fingerprint density at radius 3 is 2.12 bits per heavy atom. The van der Waals surface area contributed by atoms with Gasteiger partial charge in [-0.25, -0.2) is 0 Å². The fraction of sp³-hybridized carbons (Fsp3) is 0.536. The minimum absolute atomic E-state index is 0.00646. The first kappa shape index (κ1) is 25.1. The van der Waals surface area contributed by atoms with Crippen LogP contribution in [0.4, 0.5) is 0 Å². The Bertz CT molecular complexity index is 901. The number of hydrogen-bond acceptors (Lipinski definition) is 4. The second-order valence-electron chi connectivity index (χ2n) is 9.93. The van der Waals surface area contributed by atoms with Gasteiger partial charge in [-0.05, 0) is 49.9 Å². The summed E-state index contributed by atoms with van der Waals surface area (Å²) in [5.41, 5.74) is 3.80. The predicted molar refractivity (Wildman–Crippen MR) is 134 cm³/mol. The Morgan fingerprint density at radius 2 is 1.61 bits per heavy atom. The van der Waals surface area contributed by atoms with Crippen LogP contribution in [0.3, 0.4) is 0 Å². The summed E-state index contributed by atoms with van der Waals surface area (Å²) in [6.45, 7) is 13.9. The van der Waals surface area contributed by atoms with E-state index in [1.54, 1.807) is 14.2 Å². The van der Waals surface area contributed by atoms with Crippen LogP contribution >= 0.6 is 0 Å². The largest absolute Gasteiger partial charge is 0.497 e. The molecule has 0 N–H and O–H groups in total. The van der Waals surface area contributed by atoms with E-state index in [4.69, 9.17) is 9.47 Å². The van der Waals surface area contributed by atoms with E-state index < -0.39 is 0 Å². The molecule has 5 heteroatoms. The summed E-state index contributed by atoms with van der Waals surface area (Å²) in [6, 6.07) is 15.2. The van der Waals surface area contributed by atoms with Gasteiger partial charge in [0.2, 0.25) is 5.91 Å². The number of nitrogens with zero attached hydrogens (tertiary/aromatic N) is 2. The molecule has 2 aromatic carbocycles. The summed E-state index contributed by atoms with van der Waals surface area (Å²) >= 11 is 0. The Labute approximate surface area is 199 Å². The first-order chi connectivity index (χ1) is 15.7. The van der Waals surface area contributed by atoms with Crippen molar-refractivity contribution in [2.75, 3.05) is 33.9 Å². The maximum absolute atomic E-state index is 13.0. The Hall–Kier alpha value is -2.53. The molecule has 0 radical (unpaired) electrons. The van der Waals surface area contributed by atoms with Crippen molar-refractivity contribution in [3.8, 4) is 11.5 Å². The molecular weight excluding hydrogens is 412 g/mol. The van der Waals surface area contributed by atoms with E-state index in [9.17, 15) is 4.79 Å². The highest BCUT2D eigenvalue weighted by atomic mass is 16.5.